The number of ether oxygens (including phenoxy) is 3. The van der Waals surface area contributed by atoms with E-state index in [1.807, 2.05) is 0 Å². The lowest BCUT2D eigenvalue weighted by Crippen LogP contribution is -2.32. The van der Waals surface area contributed by atoms with Crippen molar-refractivity contribution in [2.24, 2.45) is 0 Å². The van der Waals surface area contributed by atoms with Crippen molar-refractivity contribution in [3.05, 3.63) is 47.8 Å². The number of benzene rings is 1. The molecule has 0 aliphatic carbocycles. The second-order valence-corrected chi connectivity index (χ2v) is 6.57. The second kappa shape index (κ2) is 8.26. The summed E-state index contributed by atoms with van der Waals surface area (Å²) in [6, 6.07) is 9.93. The van der Waals surface area contributed by atoms with Crippen LogP contribution in [0.4, 0.5) is 5.69 Å². The maximum absolute atomic E-state index is 12.5. The van der Waals surface area contributed by atoms with Crippen molar-refractivity contribution in [2.75, 3.05) is 31.7 Å². The quantitative estimate of drug-likeness (QED) is 0.820. The molecule has 2 aliphatic rings. The highest BCUT2D eigenvalue weighted by atomic mass is 16.6. The van der Waals surface area contributed by atoms with Crippen molar-refractivity contribution >= 4 is 17.5 Å². The summed E-state index contributed by atoms with van der Waals surface area (Å²) in [5, 5.41) is 5.56. The van der Waals surface area contributed by atoms with E-state index < -0.39 is 5.91 Å². The molecule has 8 nitrogen and oxygen atoms in total. The van der Waals surface area contributed by atoms with Crippen LogP contribution < -0.4 is 20.1 Å². The van der Waals surface area contributed by atoms with Gasteiger partial charge in [-0.2, -0.15) is 0 Å². The Morgan fingerprint density at radius 1 is 1.00 bits per heavy atom. The number of pyridine rings is 1. The average Bonchev–Trinajstić information content (AvgIpc) is 3.25. The smallest absolute Gasteiger partial charge is 0.274 e. The number of anilines is 1. The number of fused-ring (bicyclic) bond motifs is 1. The van der Waals surface area contributed by atoms with Gasteiger partial charge in [0.1, 0.15) is 24.6 Å². The zero-order valence-electron chi connectivity index (χ0n) is 15.3. The summed E-state index contributed by atoms with van der Waals surface area (Å²) < 4.78 is 16.5. The van der Waals surface area contributed by atoms with Crippen LogP contribution in [0.1, 0.15) is 33.8 Å². The molecule has 1 fully saturated rings. The number of nitrogens with one attached hydrogen (secondary N) is 2. The number of amides is 2. The van der Waals surface area contributed by atoms with E-state index in [1.54, 1.807) is 36.4 Å². The summed E-state index contributed by atoms with van der Waals surface area (Å²) in [6.45, 7) is 2.14. The SMILES string of the molecule is O=C(NCC1CCCO1)c1cccc(C(=O)Nc2ccc3c(c2)OCCO3)n1. The van der Waals surface area contributed by atoms with E-state index in [1.165, 1.54) is 0 Å². The zero-order valence-corrected chi connectivity index (χ0v) is 15.3. The summed E-state index contributed by atoms with van der Waals surface area (Å²) in [7, 11) is 0. The van der Waals surface area contributed by atoms with Crippen LogP contribution in [0.15, 0.2) is 36.4 Å². The Hall–Kier alpha value is -3.13. The fourth-order valence-corrected chi connectivity index (χ4v) is 3.11. The number of hydrogen-bond donors (Lipinski definition) is 2. The van der Waals surface area contributed by atoms with Gasteiger partial charge in [-0.25, -0.2) is 4.98 Å². The highest BCUT2D eigenvalue weighted by molar-refractivity contribution is 6.04. The fraction of sp³-hybridized carbons (Fsp3) is 0.350. The zero-order chi connectivity index (χ0) is 19.3. The van der Waals surface area contributed by atoms with Gasteiger partial charge in [0.2, 0.25) is 0 Å². The lowest BCUT2D eigenvalue weighted by atomic mass is 10.2. The van der Waals surface area contributed by atoms with Gasteiger partial charge in [-0.3, -0.25) is 9.59 Å². The van der Waals surface area contributed by atoms with Crippen LogP contribution in [0.2, 0.25) is 0 Å². The first kappa shape index (κ1) is 18.2. The molecular formula is C20H21N3O5. The van der Waals surface area contributed by atoms with Gasteiger partial charge in [-0.15, -0.1) is 0 Å². The van der Waals surface area contributed by atoms with Gasteiger partial charge in [0, 0.05) is 24.9 Å². The van der Waals surface area contributed by atoms with Crippen molar-refractivity contribution in [3.8, 4) is 11.5 Å². The van der Waals surface area contributed by atoms with Gasteiger partial charge < -0.3 is 24.8 Å². The molecule has 4 rings (SSSR count). The second-order valence-electron chi connectivity index (χ2n) is 6.57. The summed E-state index contributed by atoms with van der Waals surface area (Å²) in [6.07, 6.45) is 1.99. The van der Waals surface area contributed by atoms with E-state index in [-0.39, 0.29) is 23.4 Å². The van der Waals surface area contributed by atoms with Gasteiger partial charge in [0.05, 0.1) is 6.10 Å². The van der Waals surface area contributed by atoms with Crippen molar-refractivity contribution in [1.29, 1.82) is 0 Å². The third kappa shape index (κ3) is 4.23. The molecule has 2 aromatic rings. The summed E-state index contributed by atoms with van der Waals surface area (Å²) in [4.78, 5) is 29.0. The molecule has 0 spiro atoms. The van der Waals surface area contributed by atoms with E-state index >= 15 is 0 Å². The minimum Gasteiger partial charge on any atom is -0.486 e. The first-order valence-corrected chi connectivity index (χ1v) is 9.27. The lowest BCUT2D eigenvalue weighted by molar-refractivity contribution is 0.0853. The summed E-state index contributed by atoms with van der Waals surface area (Å²) >= 11 is 0. The summed E-state index contributed by atoms with van der Waals surface area (Å²) in [5.74, 6) is 0.487. The molecule has 28 heavy (non-hydrogen) atoms. The van der Waals surface area contributed by atoms with E-state index in [9.17, 15) is 9.59 Å². The Labute approximate surface area is 162 Å². The Balaban J connectivity index is 1.40. The van der Waals surface area contributed by atoms with E-state index in [2.05, 4.69) is 15.6 Å². The third-order valence-electron chi connectivity index (χ3n) is 4.53. The maximum atomic E-state index is 12.5. The molecule has 0 bridgehead atoms. The Morgan fingerprint density at radius 3 is 2.57 bits per heavy atom. The molecule has 146 valence electrons. The molecule has 0 saturated carbocycles. The topological polar surface area (TPSA) is 98.8 Å². The van der Waals surface area contributed by atoms with Crippen molar-refractivity contribution in [1.82, 2.24) is 10.3 Å². The molecule has 1 atom stereocenters. The van der Waals surface area contributed by atoms with Crippen LogP contribution in [-0.4, -0.2) is 49.3 Å². The molecule has 1 unspecified atom stereocenters. The van der Waals surface area contributed by atoms with Gasteiger partial charge in [-0.1, -0.05) is 6.07 Å². The lowest BCUT2D eigenvalue weighted by Gasteiger charge is -2.19. The first-order valence-electron chi connectivity index (χ1n) is 9.27. The molecule has 1 aromatic carbocycles. The van der Waals surface area contributed by atoms with Crippen LogP contribution in [0, 0.1) is 0 Å². The molecule has 2 aliphatic heterocycles. The third-order valence-corrected chi connectivity index (χ3v) is 4.53. The standard InChI is InChI=1S/C20H21N3O5/c24-19(21-12-14-3-2-8-26-14)15-4-1-5-16(23-15)20(25)22-13-6-7-17-18(11-13)28-10-9-27-17/h1,4-7,11,14H,2-3,8-10,12H2,(H,21,24)(H,22,25). The summed E-state index contributed by atoms with van der Waals surface area (Å²) in [5.41, 5.74) is 0.900. The predicted molar refractivity (Wildman–Crippen MR) is 101 cm³/mol. The van der Waals surface area contributed by atoms with Crippen molar-refractivity contribution in [2.45, 2.75) is 18.9 Å². The van der Waals surface area contributed by atoms with Crippen LogP contribution in [0.5, 0.6) is 11.5 Å². The monoisotopic (exact) mass is 383 g/mol. The van der Waals surface area contributed by atoms with Gasteiger partial charge in [0.25, 0.3) is 11.8 Å². The van der Waals surface area contributed by atoms with Crippen LogP contribution in [0.25, 0.3) is 0 Å². The number of aromatic nitrogens is 1. The predicted octanol–water partition coefficient (Wildman–Crippen LogP) is 2.01. The molecule has 1 aromatic heterocycles. The van der Waals surface area contributed by atoms with Crippen molar-refractivity contribution in [3.63, 3.8) is 0 Å². The molecule has 0 radical (unpaired) electrons. The van der Waals surface area contributed by atoms with Gasteiger partial charge in [0.15, 0.2) is 11.5 Å². The number of carbonyl (C=O) groups excluding carboxylic acids is 2. The minimum atomic E-state index is -0.412. The first-order chi connectivity index (χ1) is 13.7. The Morgan fingerprint density at radius 2 is 1.79 bits per heavy atom. The highest BCUT2D eigenvalue weighted by Crippen LogP contribution is 2.32. The minimum absolute atomic E-state index is 0.0469. The normalized spacial score (nSPS) is 17.8. The fourth-order valence-electron chi connectivity index (χ4n) is 3.11. The molecule has 2 N–H and O–H groups in total. The highest BCUT2D eigenvalue weighted by Gasteiger charge is 2.18. The largest absolute Gasteiger partial charge is 0.486 e. The van der Waals surface area contributed by atoms with Crippen molar-refractivity contribution < 1.29 is 23.8 Å². The van der Waals surface area contributed by atoms with E-state index in [0.717, 1.165) is 19.4 Å². The number of hydrogen-bond acceptors (Lipinski definition) is 6. The van der Waals surface area contributed by atoms with Gasteiger partial charge in [-0.05, 0) is 37.1 Å². The molecular weight excluding hydrogens is 362 g/mol. The van der Waals surface area contributed by atoms with Gasteiger partial charge >= 0.3 is 0 Å². The molecule has 8 heteroatoms. The van der Waals surface area contributed by atoms with Crippen LogP contribution in [0.3, 0.4) is 0 Å². The molecule has 1 saturated heterocycles. The van der Waals surface area contributed by atoms with E-state index in [0.29, 0.717) is 36.9 Å². The van der Waals surface area contributed by atoms with Crippen LogP contribution in [-0.2, 0) is 4.74 Å². The number of nitrogens with zero attached hydrogens (tertiary/aromatic N) is 1. The van der Waals surface area contributed by atoms with Crippen LogP contribution >= 0.6 is 0 Å². The number of rotatable bonds is 5. The Kier molecular flexibility index (Phi) is 5.38. The Bertz CT molecular complexity index is 880. The molecule has 3 heterocycles. The molecule has 2 amide bonds. The average molecular weight is 383 g/mol. The van der Waals surface area contributed by atoms with E-state index in [4.69, 9.17) is 14.2 Å². The maximum Gasteiger partial charge on any atom is 0.274 e. The number of carbonyl (C=O) groups is 2.